The minimum atomic E-state index is -1.05. The predicted molar refractivity (Wildman–Crippen MR) is 154 cm³/mol. The molecule has 1 fully saturated rings. The lowest BCUT2D eigenvalue weighted by Gasteiger charge is -2.46. The highest BCUT2D eigenvalue weighted by atomic mass is 16.5. The van der Waals surface area contributed by atoms with Crippen molar-refractivity contribution < 1.29 is 38.4 Å². The number of nitrogens with zero attached hydrogens (tertiary/aromatic N) is 2. The van der Waals surface area contributed by atoms with Crippen molar-refractivity contribution in [3.05, 3.63) is 58.7 Å². The summed E-state index contributed by atoms with van der Waals surface area (Å²) in [5.74, 6) is -0.538. The second kappa shape index (κ2) is 11.4. The van der Waals surface area contributed by atoms with E-state index in [4.69, 9.17) is 18.9 Å². The molecule has 10 nitrogen and oxygen atoms in total. The van der Waals surface area contributed by atoms with Gasteiger partial charge in [0.2, 0.25) is 5.91 Å². The van der Waals surface area contributed by atoms with Crippen molar-refractivity contribution >= 4 is 17.8 Å². The number of ether oxygens (including phenoxy) is 4. The number of amides is 2. The number of allylic oxidation sites excluding steroid dienone is 2. The number of carboxylic acids is 1. The Labute approximate surface area is 246 Å². The van der Waals surface area contributed by atoms with E-state index >= 15 is 0 Å². The van der Waals surface area contributed by atoms with Crippen LogP contribution in [0.3, 0.4) is 0 Å². The van der Waals surface area contributed by atoms with Gasteiger partial charge >= 0.3 is 5.97 Å². The molecule has 1 saturated heterocycles. The zero-order valence-corrected chi connectivity index (χ0v) is 25.1. The van der Waals surface area contributed by atoms with Crippen molar-refractivity contribution in [2.24, 2.45) is 11.3 Å². The molecule has 1 aliphatic carbocycles. The number of carbonyl (C=O) groups excluding carboxylic acids is 2. The molecular weight excluding hydrogens is 540 g/mol. The summed E-state index contributed by atoms with van der Waals surface area (Å²) in [5.41, 5.74) is 2.81. The number of aliphatic carboxylic acids is 1. The molecule has 2 amide bonds. The molecule has 0 aromatic heterocycles. The maximum atomic E-state index is 14.3. The first-order chi connectivity index (χ1) is 20.0. The van der Waals surface area contributed by atoms with Crippen LogP contribution in [0.15, 0.2) is 53.1 Å². The van der Waals surface area contributed by atoms with Gasteiger partial charge in [0.1, 0.15) is 12.4 Å². The number of likely N-dealkylation sites (tertiary alicyclic amines) is 1. The van der Waals surface area contributed by atoms with E-state index in [2.05, 4.69) is 26.8 Å². The van der Waals surface area contributed by atoms with E-state index < -0.39 is 23.9 Å². The van der Waals surface area contributed by atoms with Gasteiger partial charge in [0, 0.05) is 24.2 Å². The number of methoxy groups -OCH3 is 2. The van der Waals surface area contributed by atoms with E-state index in [1.54, 1.807) is 30.3 Å². The zero-order chi connectivity index (χ0) is 30.3. The fourth-order valence-corrected chi connectivity index (χ4v) is 6.30. The summed E-state index contributed by atoms with van der Waals surface area (Å²) in [6.45, 7) is 9.15. The van der Waals surface area contributed by atoms with Gasteiger partial charge in [-0.25, -0.2) is 0 Å². The highest BCUT2D eigenvalue weighted by molar-refractivity contribution is 5.91. The van der Waals surface area contributed by atoms with Crippen LogP contribution < -0.4 is 9.47 Å². The summed E-state index contributed by atoms with van der Waals surface area (Å²) in [5, 5.41) is 9.36. The standard InChI is InChI=1S/C32H40N2O8/c1-18-14-21(20-8-7-9-23(39-5)28(20)40-6)29-27-22(18)16-41-17-25(32(2,3)4)34(27)30(36)24(42-29)15-26(35)33-12-10-19(11-13-33)31(37)38/h7-9,14,16,19,21,24-25H,10-13,15,17H2,1-6H3,(H,37,38)/t21-,24+,25-/m0/s1. The highest BCUT2D eigenvalue weighted by Crippen LogP contribution is 2.50. The van der Waals surface area contributed by atoms with E-state index in [0.29, 0.717) is 55.5 Å². The van der Waals surface area contributed by atoms with Crippen molar-refractivity contribution in [3.63, 3.8) is 0 Å². The lowest BCUT2D eigenvalue weighted by molar-refractivity contribution is -0.154. The molecule has 0 bridgehead atoms. The molecule has 226 valence electrons. The van der Waals surface area contributed by atoms with E-state index in [9.17, 15) is 19.5 Å². The molecule has 10 heteroatoms. The van der Waals surface area contributed by atoms with E-state index in [-0.39, 0.29) is 29.7 Å². The summed E-state index contributed by atoms with van der Waals surface area (Å²) in [7, 11) is 3.17. The van der Waals surface area contributed by atoms with Crippen molar-refractivity contribution in [1.82, 2.24) is 9.80 Å². The molecule has 1 aromatic carbocycles. The Morgan fingerprint density at radius 3 is 2.45 bits per heavy atom. The first-order valence-electron chi connectivity index (χ1n) is 14.4. The first-order valence-corrected chi connectivity index (χ1v) is 14.4. The third kappa shape index (κ3) is 5.23. The van der Waals surface area contributed by atoms with E-state index in [1.165, 1.54) is 0 Å². The Morgan fingerprint density at radius 2 is 1.83 bits per heavy atom. The monoisotopic (exact) mass is 580 g/mol. The van der Waals surface area contributed by atoms with Gasteiger partial charge in [-0.3, -0.25) is 19.3 Å². The van der Waals surface area contributed by atoms with Crippen LogP contribution in [0.1, 0.15) is 58.4 Å². The quantitative estimate of drug-likeness (QED) is 0.532. The topological polar surface area (TPSA) is 115 Å². The van der Waals surface area contributed by atoms with Crippen LogP contribution in [0.4, 0.5) is 0 Å². The summed E-state index contributed by atoms with van der Waals surface area (Å²) in [4.78, 5) is 42.6. The van der Waals surface area contributed by atoms with Crippen LogP contribution in [0.5, 0.6) is 11.5 Å². The average molecular weight is 581 g/mol. The fraction of sp³-hybridized carbons (Fsp3) is 0.531. The van der Waals surface area contributed by atoms with Gasteiger partial charge in [0.25, 0.3) is 5.91 Å². The third-order valence-electron chi connectivity index (χ3n) is 8.73. The molecule has 3 aliphatic heterocycles. The van der Waals surface area contributed by atoms with Gasteiger partial charge in [0.05, 0.1) is 50.5 Å². The normalized spacial score (nSPS) is 24.5. The van der Waals surface area contributed by atoms with Crippen LogP contribution >= 0.6 is 0 Å². The Kier molecular flexibility index (Phi) is 8.00. The van der Waals surface area contributed by atoms with E-state index in [1.807, 2.05) is 25.1 Å². The zero-order valence-electron chi connectivity index (χ0n) is 25.1. The number of para-hydroxylation sites is 1. The number of carboxylic acid groups (broad SMARTS) is 1. The number of carbonyl (C=O) groups is 3. The third-order valence-corrected chi connectivity index (χ3v) is 8.73. The molecule has 0 spiro atoms. The maximum absolute atomic E-state index is 14.3. The molecule has 5 rings (SSSR count). The van der Waals surface area contributed by atoms with Crippen LogP contribution in [0.2, 0.25) is 0 Å². The lowest BCUT2D eigenvalue weighted by atomic mass is 9.80. The largest absolute Gasteiger partial charge is 0.498 e. The summed E-state index contributed by atoms with van der Waals surface area (Å²) in [6, 6.07) is 5.34. The van der Waals surface area contributed by atoms with Gasteiger partial charge in [-0.1, -0.05) is 39.0 Å². The predicted octanol–water partition coefficient (Wildman–Crippen LogP) is 4.23. The highest BCUT2D eigenvalue weighted by Gasteiger charge is 2.50. The smallest absolute Gasteiger partial charge is 0.306 e. The van der Waals surface area contributed by atoms with Crippen LogP contribution in [0, 0.1) is 11.3 Å². The molecule has 42 heavy (non-hydrogen) atoms. The summed E-state index contributed by atoms with van der Waals surface area (Å²) >= 11 is 0. The number of benzene rings is 1. The minimum absolute atomic E-state index is 0.148. The molecule has 0 saturated carbocycles. The maximum Gasteiger partial charge on any atom is 0.306 e. The molecule has 4 aliphatic rings. The van der Waals surface area contributed by atoms with Crippen LogP contribution in [0.25, 0.3) is 0 Å². The molecule has 3 atom stereocenters. The van der Waals surface area contributed by atoms with Gasteiger partial charge in [-0.2, -0.15) is 0 Å². The Hall–Kier alpha value is -3.95. The number of rotatable bonds is 6. The number of hydrogen-bond donors (Lipinski definition) is 1. The number of hydrogen-bond acceptors (Lipinski definition) is 7. The molecule has 1 aromatic rings. The molecule has 0 unspecified atom stereocenters. The Balaban J connectivity index is 1.57. The van der Waals surface area contributed by atoms with Crippen molar-refractivity contribution in [3.8, 4) is 11.5 Å². The lowest BCUT2D eigenvalue weighted by Crippen LogP contribution is -2.56. The van der Waals surface area contributed by atoms with Crippen molar-refractivity contribution in [1.29, 1.82) is 0 Å². The van der Waals surface area contributed by atoms with Gasteiger partial charge in [-0.05, 0) is 36.8 Å². The van der Waals surface area contributed by atoms with Crippen LogP contribution in [-0.4, -0.2) is 78.8 Å². The Bertz CT molecular complexity index is 1360. The minimum Gasteiger partial charge on any atom is -0.498 e. The summed E-state index contributed by atoms with van der Waals surface area (Å²) in [6.07, 6.45) is 3.34. The number of piperidine rings is 1. The van der Waals surface area contributed by atoms with Crippen molar-refractivity contribution in [2.45, 2.75) is 65.0 Å². The second-order valence-electron chi connectivity index (χ2n) is 12.4. The molecule has 0 radical (unpaired) electrons. The van der Waals surface area contributed by atoms with Gasteiger partial charge < -0.3 is 29.0 Å². The van der Waals surface area contributed by atoms with Crippen LogP contribution in [-0.2, 0) is 23.9 Å². The first kappa shape index (κ1) is 29.5. The summed E-state index contributed by atoms with van der Waals surface area (Å²) < 4.78 is 24.0. The SMILES string of the molecule is COc1cccc([C@@H]2C=C(C)C3=COC[C@@H](C(C)(C)C)N4C(=O)[C@@H](CC(=O)N5CCC(C(=O)O)CC5)OC2=C34)c1OC. The molecular formula is C32H40N2O8. The Morgan fingerprint density at radius 1 is 1.12 bits per heavy atom. The second-order valence-corrected chi connectivity index (χ2v) is 12.4. The molecule has 1 N–H and O–H groups in total. The average Bonchev–Trinajstić information content (AvgIpc) is 3.18. The fourth-order valence-electron chi connectivity index (χ4n) is 6.30. The van der Waals surface area contributed by atoms with Gasteiger partial charge in [-0.15, -0.1) is 0 Å². The van der Waals surface area contributed by atoms with E-state index in [0.717, 1.165) is 16.7 Å². The van der Waals surface area contributed by atoms with Crippen molar-refractivity contribution in [2.75, 3.05) is 33.9 Å². The molecule has 3 heterocycles. The van der Waals surface area contributed by atoms with Gasteiger partial charge in [0.15, 0.2) is 17.6 Å².